The molecule has 0 saturated heterocycles. The molecule has 1 aliphatic rings. The van der Waals surface area contributed by atoms with Gasteiger partial charge in [0, 0.05) is 0 Å². The number of rotatable bonds is 2. The molecule has 0 amide bonds. The zero-order valence-electron chi connectivity index (χ0n) is 22.6. The molecule has 0 bridgehead atoms. The minimum absolute atomic E-state index is 0. The number of para-hydroxylation sites is 1. The van der Waals surface area contributed by atoms with Gasteiger partial charge >= 0.3 is 21.7 Å². The minimum Gasteiger partial charge on any atom is -0.507 e. The number of benzene rings is 5. The van der Waals surface area contributed by atoms with Crippen molar-refractivity contribution in [3.05, 3.63) is 194 Å². The molecular formula is C36H34NO2Ti. The van der Waals surface area contributed by atoms with E-state index in [2.05, 4.69) is 25.8 Å². The van der Waals surface area contributed by atoms with E-state index >= 15 is 0 Å². The molecule has 4 heteroatoms. The van der Waals surface area contributed by atoms with Crippen molar-refractivity contribution in [2.24, 2.45) is 4.99 Å². The zero-order chi connectivity index (χ0) is 27.7. The molecule has 0 aliphatic carbocycles. The predicted octanol–water partition coefficient (Wildman–Crippen LogP) is 8.51. The van der Waals surface area contributed by atoms with Crippen molar-refractivity contribution in [3.8, 4) is 5.75 Å². The number of aromatic hydroxyl groups is 1. The second-order valence-electron chi connectivity index (χ2n) is 8.65. The monoisotopic (exact) mass is 560 g/mol. The Morgan fingerprint density at radius 1 is 0.550 bits per heavy atom. The number of hydrogen-bond donors (Lipinski definition) is 1. The van der Waals surface area contributed by atoms with Gasteiger partial charge in [-0.2, -0.15) is 73.9 Å². The molecule has 199 valence electrons. The van der Waals surface area contributed by atoms with Crippen molar-refractivity contribution in [2.75, 3.05) is 6.61 Å². The maximum Gasteiger partial charge on any atom is 3.00 e. The number of aliphatic imine (C=N–C) groups is 1. The van der Waals surface area contributed by atoms with E-state index in [9.17, 15) is 5.11 Å². The first-order valence-electron chi connectivity index (χ1n) is 12.7. The van der Waals surface area contributed by atoms with Gasteiger partial charge in [0.25, 0.3) is 0 Å². The van der Waals surface area contributed by atoms with Gasteiger partial charge in [0.2, 0.25) is 5.90 Å². The van der Waals surface area contributed by atoms with Crippen molar-refractivity contribution in [3.63, 3.8) is 0 Å². The van der Waals surface area contributed by atoms with Gasteiger partial charge in [0.05, 0.1) is 5.56 Å². The first-order valence-corrected chi connectivity index (χ1v) is 12.7. The normalized spacial score (nSPS) is 12.7. The predicted molar refractivity (Wildman–Crippen MR) is 162 cm³/mol. The Kier molecular flexibility index (Phi) is 14.4. The van der Waals surface area contributed by atoms with Gasteiger partial charge in [0.15, 0.2) is 0 Å². The SMILES string of the molecule is Oc1ccccc1C1=N[C@H](c2ccccc2)CO1.[CH2-]c1ccccc1.[CH2-]c1ccccc1.[CH2-]c1ccccc1.[Ti+3]. The topological polar surface area (TPSA) is 41.8 Å². The van der Waals surface area contributed by atoms with Gasteiger partial charge in [-0.15, -0.1) is 36.4 Å². The smallest absolute Gasteiger partial charge is 0.507 e. The molecule has 0 aromatic heterocycles. The molecule has 1 aliphatic heterocycles. The molecule has 0 saturated carbocycles. The summed E-state index contributed by atoms with van der Waals surface area (Å²) in [6.45, 7) is 11.7. The van der Waals surface area contributed by atoms with E-state index in [-0.39, 0.29) is 33.5 Å². The summed E-state index contributed by atoms with van der Waals surface area (Å²) in [5.74, 6) is 0.715. The van der Waals surface area contributed by atoms with Crippen molar-refractivity contribution >= 4 is 5.90 Å². The van der Waals surface area contributed by atoms with Gasteiger partial charge in [0.1, 0.15) is 18.4 Å². The summed E-state index contributed by atoms with van der Waals surface area (Å²) in [5, 5.41) is 9.77. The average Bonchev–Trinajstić information content (AvgIpc) is 3.46. The van der Waals surface area contributed by atoms with Crippen molar-refractivity contribution in [2.45, 2.75) is 6.04 Å². The zero-order valence-corrected chi connectivity index (χ0v) is 24.1. The molecule has 5 aromatic rings. The van der Waals surface area contributed by atoms with Crippen LogP contribution in [0.4, 0.5) is 0 Å². The Morgan fingerprint density at radius 3 is 1.30 bits per heavy atom. The summed E-state index contributed by atoms with van der Waals surface area (Å²) in [4.78, 5) is 4.52. The Morgan fingerprint density at radius 2 is 0.925 bits per heavy atom. The standard InChI is InChI=1S/C15H13NO2.3C7H7.Ti/c17-14-9-5-4-8-12(14)15-16-13(10-18-15)11-6-2-1-3-7-11;3*1-7-5-3-2-4-6-7;/h1-9,13,17H,10H2;3*2-6H,1H2;/q;3*-1;+3/t13-;;;;/m0..../s1. The number of phenols is 1. The van der Waals surface area contributed by atoms with E-state index in [4.69, 9.17) is 4.74 Å². The summed E-state index contributed by atoms with van der Waals surface area (Å²) in [7, 11) is 0. The summed E-state index contributed by atoms with van der Waals surface area (Å²) >= 11 is 0. The van der Waals surface area contributed by atoms with Crippen LogP contribution in [0.5, 0.6) is 5.75 Å². The number of nitrogens with zero attached hydrogens (tertiary/aromatic N) is 1. The molecule has 1 N–H and O–H groups in total. The molecule has 1 heterocycles. The van der Waals surface area contributed by atoms with E-state index < -0.39 is 0 Å². The molecule has 1 radical (unpaired) electrons. The first kappa shape index (κ1) is 31.9. The quantitative estimate of drug-likeness (QED) is 0.174. The van der Waals surface area contributed by atoms with Gasteiger partial charge in [-0.05, 0) is 17.7 Å². The Balaban J connectivity index is 0.000000211. The number of hydrogen-bond acceptors (Lipinski definition) is 3. The molecule has 0 spiro atoms. The molecule has 3 nitrogen and oxygen atoms in total. The summed E-state index contributed by atoms with van der Waals surface area (Å²) in [5.41, 5.74) is 4.99. The Hall–Kier alpha value is -4.31. The largest absolute Gasteiger partial charge is 3.00 e. The third kappa shape index (κ3) is 11.6. The summed E-state index contributed by atoms with van der Waals surface area (Å²) in [6.07, 6.45) is 0. The first-order chi connectivity index (χ1) is 19.0. The van der Waals surface area contributed by atoms with Crippen molar-refractivity contribution in [1.29, 1.82) is 0 Å². The second kappa shape index (κ2) is 18.1. The molecular weight excluding hydrogens is 526 g/mol. The molecule has 5 aromatic carbocycles. The van der Waals surface area contributed by atoms with Gasteiger partial charge in [-0.1, -0.05) is 60.7 Å². The fraction of sp³-hybridized carbons (Fsp3) is 0.0556. The van der Waals surface area contributed by atoms with Crippen LogP contribution in [0.2, 0.25) is 0 Å². The van der Waals surface area contributed by atoms with E-state index in [0.717, 1.165) is 22.3 Å². The van der Waals surface area contributed by atoms with Crippen LogP contribution < -0.4 is 0 Å². The van der Waals surface area contributed by atoms with Crippen LogP contribution in [-0.2, 0) is 26.5 Å². The molecule has 6 rings (SSSR count). The van der Waals surface area contributed by atoms with E-state index in [1.165, 1.54) is 0 Å². The van der Waals surface area contributed by atoms with Crippen LogP contribution in [0, 0.1) is 20.8 Å². The maximum absolute atomic E-state index is 9.77. The van der Waals surface area contributed by atoms with Crippen molar-refractivity contribution < 1.29 is 31.6 Å². The Bertz CT molecular complexity index is 1290. The van der Waals surface area contributed by atoms with E-state index in [1.54, 1.807) is 12.1 Å². The molecule has 0 unspecified atom stereocenters. The van der Waals surface area contributed by atoms with Gasteiger partial charge < -0.3 is 9.84 Å². The maximum atomic E-state index is 9.77. The fourth-order valence-corrected chi connectivity index (χ4v) is 3.46. The number of phenolic OH excluding ortho intramolecular Hbond substituents is 1. The minimum atomic E-state index is 0. The molecule has 1 atom stereocenters. The van der Waals surface area contributed by atoms with E-state index in [0.29, 0.717) is 18.1 Å². The molecule has 0 fully saturated rings. The van der Waals surface area contributed by atoms with Crippen LogP contribution in [-0.4, -0.2) is 17.6 Å². The average molecular weight is 561 g/mol. The fourth-order valence-electron chi connectivity index (χ4n) is 3.46. The second-order valence-corrected chi connectivity index (χ2v) is 8.65. The molecule has 40 heavy (non-hydrogen) atoms. The van der Waals surface area contributed by atoms with Crippen LogP contribution >= 0.6 is 0 Å². The number of ether oxygens (including phenoxy) is 1. The van der Waals surface area contributed by atoms with Crippen LogP contribution in [0.3, 0.4) is 0 Å². The van der Waals surface area contributed by atoms with Crippen LogP contribution in [0.15, 0.2) is 151 Å². The summed E-state index contributed by atoms with van der Waals surface area (Å²) in [6, 6.07) is 46.7. The van der Waals surface area contributed by atoms with Crippen LogP contribution in [0.25, 0.3) is 0 Å². The Labute approximate surface area is 254 Å². The van der Waals surface area contributed by atoms with Gasteiger partial charge in [-0.3, -0.25) is 0 Å². The van der Waals surface area contributed by atoms with Gasteiger partial charge in [-0.25, -0.2) is 4.99 Å². The van der Waals surface area contributed by atoms with Crippen LogP contribution in [0.1, 0.15) is 33.9 Å². The summed E-state index contributed by atoms with van der Waals surface area (Å²) < 4.78 is 5.58. The van der Waals surface area contributed by atoms with Crippen molar-refractivity contribution in [1.82, 2.24) is 0 Å². The van der Waals surface area contributed by atoms with E-state index in [1.807, 2.05) is 133 Å². The third-order valence-corrected chi connectivity index (χ3v) is 5.50. The third-order valence-electron chi connectivity index (χ3n) is 5.50.